The van der Waals surface area contributed by atoms with Crippen LogP contribution >= 0.6 is 22.7 Å². The molecule has 2 aromatic heterocycles. The summed E-state index contributed by atoms with van der Waals surface area (Å²) in [4.78, 5) is 40.7. The fourth-order valence-electron chi connectivity index (χ4n) is 3.45. The molecule has 31 heavy (non-hydrogen) atoms. The van der Waals surface area contributed by atoms with Crippen molar-refractivity contribution in [2.45, 2.75) is 33.7 Å². The number of hydrogen-bond donors (Lipinski definition) is 0. The minimum Gasteiger partial charge on any atom is -0.310 e. The van der Waals surface area contributed by atoms with Crippen molar-refractivity contribution in [1.82, 2.24) is 4.57 Å². The normalized spacial score (nSPS) is 14.9. The maximum atomic E-state index is 13.2. The van der Waals surface area contributed by atoms with Gasteiger partial charge in [0.2, 0.25) is 5.91 Å². The summed E-state index contributed by atoms with van der Waals surface area (Å²) in [7, 11) is 0. The second-order valence-corrected chi connectivity index (χ2v) is 10.4. The predicted octanol–water partition coefficient (Wildman–Crippen LogP) is 2.79. The lowest BCUT2D eigenvalue weighted by Crippen LogP contribution is -2.40. The molecule has 0 aliphatic carbocycles. The molecule has 0 saturated carbocycles. The Hall–Kier alpha value is -2.77. The number of nitrogens with zero attached hydrogens (tertiary/aromatic N) is 2. The van der Waals surface area contributed by atoms with Crippen molar-refractivity contribution in [3.8, 4) is 0 Å². The van der Waals surface area contributed by atoms with E-state index in [1.54, 1.807) is 16.2 Å². The molecule has 160 valence electrons. The number of thiazole rings is 1. The zero-order chi connectivity index (χ0) is 22.2. The molecule has 0 N–H and O–H groups in total. The highest BCUT2D eigenvalue weighted by atomic mass is 32.1. The average molecular weight is 453 g/mol. The van der Waals surface area contributed by atoms with E-state index in [0.29, 0.717) is 15.7 Å². The Morgan fingerprint density at radius 2 is 1.94 bits per heavy atom. The number of benzene rings is 1. The Bertz CT molecular complexity index is 1310. The van der Waals surface area contributed by atoms with E-state index in [0.717, 1.165) is 23.2 Å². The van der Waals surface area contributed by atoms with Gasteiger partial charge in [0.25, 0.3) is 5.56 Å². The number of rotatable bonds is 4. The first-order chi connectivity index (χ1) is 14.7. The molecule has 0 radical (unpaired) electrons. The second-order valence-electron chi connectivity index (χ2n) is 8.58. The molecule has 0 spiro atoms. The summed E-state index contributed by atoms with van der Waals surface area (Å²) in [5.74, 6) is -0.228. The van der Waals surface area contributed by atoms with Crippen molar-refractivity contribution in [1.29, 1.82) is 0 Å². The zero-order valence-electron chi connectivity index (χ0n) is 17.8. The molecule has 4 rings (SSSR count). The van der Waals surface area contributed by atoms with Crippen LogP contribution in [0.15, 0.2) is 45.9 Å². The van der Waals surface area contributed by atoms with Gasteiger partial charge in [-0.1, -0.05) is 39.0 Å². The molecule has 1 aliphatic rings. The maximum Gasteiger partial charge on any atom is 0.269 e. The van der Waals surface area contributed by atoms with Gasteiger partial charge in [0.15, 0.2) is 5.78 Å². The predicted molar refractivity (Wildman–Crippen MR) is 127 cm³/mol. The molecule has 3 heterocycles. The zero-order valence-corrected chi connectivity index (χ0v) is 19.4. The summed E-state index contributed by atoms with van der Waals surface area (Å²) < 4.78 is 2.46. The van der Waals surface area contributed by atoms with Crippen molar-refractivity contribution in [3.63, 3.8) is 0 Å². The quantitative estimate of drug-likeness (QED) is 0.612. The number of para-hydroxylation sites is 1. The van der Waals surface area contributed by atoms with Gasteiger partial charge in [0, 0.05) is 23.7 Å². The maximum absolute atomic E-state index is 13.2. The van der Waals surface area contributed by atoms with Crippen molar-refractivity contribution in [3.05, 3.63) is 71.8 Å². The van der Waals surface area contributed by atoms with Crippen molar-refractivity contribution in [2.75, 3.05) is 11.4 Å². The molecular formula is C24H24N2O3S2. The molecule has 0 fully saturated rings. The van der Waals surface area contributed by atoms with Crippen LogP contribution in [0.5, 0.6) is 0 Å². The Balaban J connectivity index is 1.77. The molecule has 1 amide bonds. The number of carbonyl (C=O) groups excluding carboxylic acids is 2. The van der Waals surface area contributed by atoms with Crippen LogP contribution in [0.3, 0.4) is 0 Å². The minimum absolute atomic E-state index is 0.0800. The molecule has 0 bridgehead atoms. The minimum atomic E-state index is -0.569. The van der Waals surface area contributed by atoms with E-state index in [9.17, 15) is 14.4 Å². The standard InChI is InChI=1S/C24H24N2O3S2/c1-24(2,3)20(27)13-22-26(23(29)19(31-22)12-16-9-11-30-15-16)14-21(28)25-10-8-17-6-4-5-7-18(17)25/h4-7,9,11-13,15H,8,10,14H2,1-3H3/b19-12+,22-13-. The number of fused-ring (bicyclic) bond motifs is 1. The molecule has 0 atom stereocenters. The van der Waals surface area contributed by atoms with Crippen LogP contribution in [0.1, 0.15) is 31.9 Å². The molecule has 3 aromatic rings. The Labute approximate surface area is 188 Å². The van der Waals surface area contributed by atoms with E-state index in [-0.39, 0.29) is 23.8 Å². The van der Waals surface area contributed by atoms with E-state index in [2.05, 4.69) is 0 Å². The topological polar surface area (TPSA) is 59.4 Å². The second kappa shape index (κ2) is 8.40. The lowest BCUT2D eigenvalue weighted by Gasteiger charge is -2.17. The monoisotopic (exact) mass is 452 g/mol. The number of carbonyl (C=O) groups is 2. The Kier molecular flexibility index (Phi) is 5.81. The third kappa shape index (κ3) is 4.48. The number of amides is 1. The summed E-state index contributed by atoms with van der Waals surface area (Å²) in [6.07, 6.45) is 4.12. The highest BCUT2D eigenvalue weighted by molar-refractivity contribution is 7.08. The van der Waals surface area contributed by atoms with Gasteiger partial charge in [-0.3, -0.25) is 19.0 Å². The molecule has 0 saturated heterocycles. The van der Waals surface area contributed by atoms with Gasteiger partial charge >= 0.3 is 0 Å². The number of aromatic nitrogens is 1. The van der Waals surface area contributed by atoms with E-state index < -0.39 is 5.41 Å². The number of hydrogen-bond acceptors (Lipinski definition) is 5. The number of ketones is 1. The number of thiophene rings is 1. The van der Waals surface area contributed by atoms with Crippen LogP contribution in [0.25, 0.3) is 12.2 Å². The summed E-state index contributed by atoms with van der Waals surface area (Å²) in [6, 6.07) is 9.77. The lowest BCUT2D eigenvalue weighted by atomic mass is 9.91. The lowest BCUT2D eigenvalue weighted by molar-refractivity contribution is -0.120. The highest BCUT2D eigenvalue weighted by Crippen LogP contribution is 2.27. The van der Waals surface area contributed by atoms with Gasteiger partial charge in [0.1, 0.15) is 11.2 Å². The summed E-state index contributed by atoms with van der Waals surface area (Å²) in [6.45, 7) is 6.03. The number of anilines is 1. The van der Waals surface area contributed by atoms with Gasteiger partial charge in [-0.05, 0) is 46.5 Å². The van der Waals surface area contributed by atoms with Crippen LogP contribution in [0, 0.1) is 5.41 Å². The first kappa shape index (κ1) is 21.5. The van der Waals surface area contributed by atoms with Crippen LogP contribution < -0.4 is 19.7 Å². The molecule has 5 nitrogen and oxygen atoms in total. The van der Waals surface area contributed by atoms with Crippen molar-refractivity contribution >= 4 is 52.2 Å². The first-order valence-electron chi connectivity index (χ1n) is 10.1. The SMILES string of the molecule is CC(C)(C)C(=O)/C=c1\s/c(=C/c2ccsc2)c(=O)n1CC(=O)N1CCc2ccccc21. The summed E-state index contributed by atoms with van der Waals surface area (Å²) in [5.41, 5.74) is 2.15. The van der Waals surface area contributed by atoms with Crippen LogP contribution in [0.4, 0.5) is 5.69 Å². The fourth-order valence-corrected chi connectivity index (χ4v) is 5.11. The van der Waals surface area contributed by atoms with Gasteiger partial charge in [-0.15, -0.1) is 11.3 Å². The Morgan fingerprint density at radius 1 is 1.16 bits per heavy atom. The van der Waals surface area contributed by atoms with Crippen LogP contribution in [-0.2, 0) is 22.6 Å². The van der Waals surface area contributed by atoms with Crippen molar-refractivity contribution < 1.29 is 9.59 Å². The van der Waals surface area contributed by atoms with Gasteiger partial charge in [0.05, 0.1) is 4.53 Å². The van der Waals surface area contributed by atoms with Crippen LogP contribution in [0.2, 0.25) is 0 Å². The molecule has 7 heteroatoms. The smallest absolute Gasteiger partial charge is 0.269 e. The van der Waals surface area contributed by atoms with Crippen molar-refractivity contribution in [2.24, 2.45) is 5.41 Å². The fraction of sp³-hybridized carbons (Fsp3) is 0.292. The Morgan fingerprint density at radius 3 is 2.65 bits per heavy atom. The van der Waals surface area contributed by atoms with Gasteiger partial charge in [-0.25, -0.2) is 0 Å². The van der Waals surface area contributed by atoms with Gasteiger partial charge < -0.3 is 4.90 Å². The summed E-state index contributed by atoms with van der Waals surface area (Å²) >= 11 is 2.80. The van der Waals surface area contributed by atoms with E-state index >= 15 is 0 Å². The molecular weight excluding hydrogens is 428 g/mol. The largest absolute Gasteiger partial charge is 0.310 e. The molecule has 1 aromatic carbocycles. The molecule has 1 aliphatic heterocycles. The highest BCUT2D eigenvalue weighted by Gasteiger charge is 2.25. The third-order valence-electron chi connectivity index (χ3n) is 5.25. The molecule has 0 unspecified atom stereocenters. The average Bonchev–Trinajstić information content (AvgIpc) is 3.44. The van der Waals surface area contributed by atoms with E-state index in [1.807, 2.05) is 67.9 Å². The van der Waals surface area contributed by atoms with Gasteiger partial charge in [-0.2, -0.15) is 11.3 Å². The van der Waals surface area contributed by atoms with E-state index in [1.165, 1.54) is 22.0 Å². The first-order valence-corrected chi connectivity index (χ1v) is 11.9. The van der Waals surface area contributed by atoms with Crippen LogP contribution in [-0.4, -0.2) is 22.8 Å². The number of Topliss-reactive ketones (excluding diaryl/α,β-unsaturated/α-hetero) is 1. The third-order valence-corrected chi connectivity index (χ3v) is 7.01. The summed E-state index contributed by atoms with van der Waals surface area (Å²) in [5, 5.41) is 3.90. The van der Waals surface area contributed by atoms with E-state index in [4.69, 9.17) is 0 Å².